The Morgan fingerprint density at radius 3 is 2.52 bits per heavy atom. The zero-order chi connectivity index (χ0) is 28.2. The SMILES string of the molecule is CCCc1cc2c(c(=c3nc(N)c4c(n3)N(Cc3ccc(C)cc3)C(=O)N=4)c1NS(=O)(=O)O)=Cc1ccccc1-2. The van der Waals surface area contributed by atoms with Gasteiger partial charge in [-0.15, -0.1) is 0 Å². The van der Waals surface area contributed by atoms with Crippen molar-refractivity contribution in [2.75, 3.05) is 15.4 Å². The van der Waals surface area contributed by atoms with Gasteiger partial charge in [0, 0.05) is 0 Å². The highest BCUT2D eigenvalue weighted by atomic mass is 32.2. The van der Waals surface area contributed by atoms with Crippen LogP contribution in [0.4, 0.5) is 22.1 Å². The summed E-state index contributed by atoms with van der Waals surface area (Å²) in [5.41, 5.74) is 12.1. The van der Waals surface area contributed by atoms with Gasteiger partial charge in [0.1, 0.15) is 0 Å². The first-order valence-electron chi connectivity index (χ1n) is 12.8. The summed E-state index contributed by atoms with van der Waals surface area (Å²) in [5.74, 6) is 0.221. The Bertz CT molecular complexity index is 2040. The maximum atomic E-state index is 12.9. The molecule has 1 aliphatic heterocycles. The van der Waals surface area contributed by atoms with Crippen molar-refractivity contribution in [1.29, 1.82) is 0 Å². The minimum absolute atomic E-state index is 0.0114. The third-order valence-corrected chi connectivity index (χ3v) is 7.48. The van der Waals surface area contributed by atoms with Gasteiger partial charge in [-0.1, -0.05) is 67.4 Å². The topological polar surface area (TPSA) is 151 Å². The van der Waals surface area contributed by atoms with Crippen molar-refractivity contribution in [3.8, 4) is 11.1 Å². The molecule has 202 valence electrons. The van der Waals surface area contributed by atoms with Gasteiger partial charge in [0.05, 0.1) is 17.5 Å². The number of benzene rings is 3. The Hall–Kier alpha value is -4.61. The molecule has 1 aliphatic carbocycles. The molecule has 10 nitrogen and oxygen atoms in total. The summed E-state index contributed by atoms with van der Waals surface area (Å²) >= 11 is 0. The van der Waals surface area contributed by atoms with Crippen LogP contribution >= 0.6 is 0 Å². The Morgan fingerprint density at radius 1 is 1.05 bits per heavy atom. The fourth-order valence-corrected chi connectivity index (χ4v) is 5.72. The minimum atomic E-state index is -4.65. The first-order valence-corrected chi connectivity index (χ1v) is 14.2. The third kappa shape index (κ3) is 4.48. The molecule has 0 radical (unpaired) electrons. The summed E-state index contributed by atoms with van der Waals surface area (Å²) in [7, 11) is -4.65. The summed E-state index contributed by atoms with van der Waals surface area (Å²) in [4.78, 5) is 27.7. The Kier molecular flexibility index (Phi) is 6.12. The second kappa shape index (κ2) is 9.54. The molecule has 40 heavy (non-hydrogen) atoms. The molecule has 4 aromatic rings. The lowest BCUT2D eigenvalue weighted by Gasteiger charge is -2.16. The van der Waals surface area contributed by atoms with Crippen LogP contribution in [0.3, 0.4) is 0 Å². The molecule has 0 spiro atoms. The predicted molar refractivity (Wildman–Crippen MR) is 152 cm³/mol. The van der Waals surface area contributed by atoms with Gasteiger partial charge in [0.15, 0.2) is 22.5 Å². The van der Waals surface area contributed by atoms with Crippen molar-refractivity contribution in [2.24, 2.45) is 4.99 Å². The molecule has 3 aromatic carbocycles. The van der Waals surface area contributed by atoms with E-state index in [0.717, 1.165) is 27.8 Å². The summed E-state index contributed by atoms with van der Waals surface area (Å²) in [6, 6.07) is 17.0. The molecule has 0 saturated heterocycles. The van der Waals surface area contributed by atoms with E-state index in [4.69, 9.17) is 10.7 Å². The van der Waals surface area contributed by atoms with Gasteiger partial charge >= 0.3 is 16.3 Å². The summed E-state index contributed by atoms with van der Waals surface area (Å²) in [6.07, 6.45) is 3.17. The number of aromatic nitrogens is 2. The van der Waals surface area contributed by atoms with E-state index < -0.39 is 16.3 Å². The number of hydrogen-bond acceptors (Lipinski definition) is 6. The monoisotopic (exact) mass is 554 g/mol. The Balaban J connectivity index is 1.70. The molecule has 0 bridgehead atoms. The number of carbonyl (C=O) groups excluding carboxylic acids is 1. The lowest BCUT2D eigenvalue weighted by molar-refractivity contribution is 0.254. The van der Waals surface area contributed by atoms with Crippen molar-refractivity contribution < 1.29 is 17.8 Å². The van der Waals surface area contributed by atoms with Crippen LogP contribution in [0.25, 0.3) is 17.2 Å². The zero-order valence-electron chi connectivity index (χ0n) is 21.8. The van der Waals surface area contributed by atoms with Gasteiger partial charge in [-0.25, -0.2) is 14.8 Å². The van der Waals surface area contributed by atoms with Crippen LogP contribution < -0.4 is 25.9 Å². The number of nitrogen functional groups attached to an aromatic ring is 1. The number of urea groups is 1. The number of nitrogens with zero attached hydrogens (tertiary/aromatic N) is 4. The number of carbonyl (C=O) groups is 1. The molecule has 0 atom stereocenters. The molecule has 1 aromatic heterocycles. The van der Waals surface area contributed by atoms with Gasteiger partial charge < -0.3 is 5.73 Å². The lowest BCUT2D eigenvalue weighted by Crippen LogP contribution is -2.27. The zero-order valence-corrected chi connectivity index (χ0v) is 22.7. The molecule has 11 heteroatoms. The van der Waals surface area contributed by atoms with Crippen LogP contribution in [0.15, 0.2) is 59.6 Å². The molecular weight excluding hydrogens is 528 g/mol. The van der Waals surface area contributed by atoms with E-state index in [-0.39, 0.29) is 34.7 Å². The number of aryl methyl sites for hydroxylation is 2. The van der Waals surface area contributed by atoms with Crippen molar-refractivity contribution in [3.05, 3.63) is 98.1 Å². The second-order valence-corrected chi connectivity index (χ2v) is 11.0. The molecule has 2 heterocycles. The molecular formula is C29H26N6O4S. The van der Waals surface area contributed by atoms with Crippen molar-refractivity contribution in [2.45, 2.75) is 33.2 Å². The number of rotatable bonds is 6. The van der Waals surface area contributed by atoms with Crippen molar-refractivity contribution in [3.63, 3.8) is 0 Å². The molecule has 0 fully saturated rings. The number of fused-ring (bicyclic) bond motifs is 4. The summed E-state index contributed by atoms with van der Waals surface area (Å²) < 4.78 is 36.4. The van der Waals surface area contributed by atoms with E-state index in [1.807, 2.05) is 74.5 Å². The standard InChI is InChI=1S/C29H26N6O4S/c1-3-6-19-14-21-20-8-5-4-7-18(20)13-22(21)23(24(19)34-40(37,38)39)27-32-26(30)25-28(33-27)35(29(36)31-25)15-17-11-9-16(2)10-12-17/h4-5,7-14,34H,3,6,15H2,1-2H3,(H2,30,32)(H,37,38,39). The van der Waals surface area contributed by atoms with Crippen molar-refractivity contribution in [1.82, 2.24) is 9.97 Å². The first-order chi connectivity index (χ1) is 19.1. The number of amides is 2. The molecule has 0 saturated carbocycles. The first kappa shape index (κ1) is 25.7. The van der Waals surface area contributed by atoms with Crippen LogP contribution in [0.2, 0.25) is 0 Å². The van der Waals surface area contributed by atoms with Gasteiger partial charge in [0.2, 0.25) is 0 Å². The van der Waals surface area contributed by atoms with E-state index in [2.05, 4.69) is 14.7 Å². The Morgan fingerprint density at radius 2 is 1.80 bits per heavy atom. The predicted octanol–water partition coefficient (Wildman–Crippen LogP) is 3.39. The van der Waals surface area contributed by atoms with E-state index in [9.17, 15) is 17.8 Å². The lowest BCUT2D eigenvalue weighted by atomic mass is 9.98. The van der Waals surface area contributed by atoms with Gasteiger partial charge in [0.25, 0.3) is 0 Å². The van der Waals surface area contributed by atoms with E-state index in [1.165, 1.54) is 4.90 Å². The number of anilines is 3. The summed E-state index contributed by atoms with van der Waals surface area (Å²) in [5, 5.41) is 1.20. The molecule has 4 N–H and O–H groups in total. The van der Waals surface area contributed by atoms with Crippen LogP contribution in [0, 0.1) is 17.6 Å². The van der Waals surface area contributed by atoms with E-state index in [1.54, 1.807) is 0 Å². The number of hydrogen-bond donors (Lipinski definition) is 3. The van der Waals surface area contributed by atoms with Gasteiger partial charge in [-0.05, 0) is 58.5 Å². The second-order valence-electron chi connectivity index (χ2n) is 9.88. The smallest absolute Gasteiger partial charge is 0.357 e. The molecule has 2 aliphatic rings. The quantitative estimate of drug-likeness (QED) is 0.272. The van der Waals surface area contributed by atoms with Crippen molar-refractivity contribution >= 4 is 39.7 Å². The highest BCUT2D eigenvalue weighted by molar-refractivity contribution is 7.87. The number of nitrogens with two attached hydrogens (primary N) is 1. The van der Waals surface area contributed by atoms with Crippen LogP contribution in [0.5, 0.6) is 0 Å². The van der Waals surface area contributed by atoms with Gasteiger partial charge in [-0.3, -0.25) is 14.2 Å². The largest absolute Gasteiger partial charge is 0.382 e. The average Bonchev–Trinajstić information content (AvgIpc) is 3.42. The molecule has 0 unspecified atom stereocenters. The summed E-state index contributed by atoms with van der Waals surface area (Å²) in [6.45, 7) is 4.17. The van der Waals surface area contributed by atoms with E-state index in [0.29, 0.717) is 28.8 Å². The highest BCUT2D eigenvalue weighted by Crippen LogP contribution is 2.31. The van der Waals surface area contributed by atoms with Crippen LogP contribution in [-0.2, 0) is 23.3 Å². The van der Waals surface area contributed by atoms with Crippen LogP contribution in [-0.4, -0.2) is 29.0 Å². The maximum Gasteiger partial charge on any atom is 0.357 e. The Labute approximate surface area is 230 Å². The minimum Gasteiger partial charge on any atom is -0.382 e. The maximum absolute atomic E-state index is 12.9. The van der Waals surface area contributed by atoms with Crippen LogP contribution in [0.1, 0.15) is 35.6 Å². The molecule has 2 amide bonds. The number of nitrogens with one attached hydrogen (secondary N) is 1. The highest BCUT2D eigenvalue weighted by Gasteiger charge is 2.28. The molecule has 6 rings (SSSR count). The normalized spacial score (nSPS) is 14.3. The fourth-order valence-electron chi connectivity index (χ4n) is 5.23. The van der Waals surface area contributed by atoms with E-state index >= 15 is 0 Å². The average molecular weight is 555 g/mol. The fraction of sp³-hybridized carbons (Fsp3) is 0.172. The third-order valence-electron chi connectivity index (χ3n) is 7.02. The van der Waals surface area contributed by atoms with Gasteiger partial charge in [-0.2, -0.15) is 13.4 Å².